The molecule has 32 heavy (non-hydrogen) atoms. The maximum Gasteiger partial charge on any atom is 0.0575 e. The standard InChI is InChI=1S/C31H38O/c1-3-32-31-21-15-26(16-22-31)10-9-25-11-17-29(18-12-25)30-19-13-27(14-20-30)23-24(2)28-7-5-4-6-8-28/h4-8,11-14,17-20,24,26,31H,3,9-10,15-16,21-23H2,1-2H3. The van der Waals surface area contributed by atoms with Gasteiger partial charge in [0.1, 0.15) is 0 Å². The van der Waals surface area contributed by atoms with Gasteiger partial charge in [-0.25, -0.2) is 0 Å². The second-order valence-corrected chi connectivity index (χ2v) is 9.55. The molecular formula is C31H38O. The number of hydrogen-bond donors (Lipinski definition) is 0. The van der Waals surface area contributed by atoms with E-state index in [9.17, 15) is 0 Å². The van der Waals surface area contributed by atoms with E-state index in [0.29, 0.717) is 12.0 Å². The fourth-order valence-electron chi connectivity index (χ4n) is 5.14. The first kappa shape index (κ1) is 22.8. The summed E-state index contributed by atoms with van der Waals surface area (Å²) in [5.74, 6) is 1.41. The van der Waals surface area contributed by atoms with Crippen molar-refractivity contribution in [2.75, 3.05) is 6.61 Å². The van der Waals surface area contributed by atoms with Crippen molar-refractivity contribution in [3.63, 3.8) is 0 Å². The summed E-state index contributed by atoms with van der Waals surface area (Å²) in [4.78, 5) is 0. The highest BCUT2D eigenvalue weighted by Crippen LogP contribution is 2.30. The van der Waals surface area contributed by atoms with Crippen molar-refractivity contribution in [2.45, 2.75) is 70.8 Å². The molecule has 1 aliphatic rings. The Labute approximate surface area is 194 Å². The van der Waals surface area contributed by atoms with E-state index < -0.39 is 0 Å². The van der Waals surface area contributed by atoms with Crippen molar-refractivity contribution >= 4 is 0 Å². The molecule has 1 saturated carbocycles. The highest BCUT2D eigenvalue weighted by molar-refractivity contribution is 5.64. The van der Waals surface area contributed by atoms with Crippen LogP contribution in [0.15, 0.2) is 78.9 Å². The first-order chi connectivity index (χ1) is 15.7. The Morgan fingerprint density at radius 2 is 1.34 bits per heavy atom. The van der Waals surface area contributed by atoms with Gasteiger partial charge in [0.25, 0.3) is 0 Å². The molecular weight excluding hydrogens is 388 g/mol. The first-order valence-corrected chi connectivity index (χ1v) is 12.6. The van der Waals surface area contributed by atoms with Gasteiger partial charge in [0.05, 0.1) is 6.10 Å². The number of ether oxygens (including phenoxy) is 1. The van der Waals surface area contributed by atoms with Crippen molar-refractivity contribution in [2.24, 2.45) is 5.92 Å². The fraction of sp³-hybridized carbons (Fsp3) is 0.419. The molecule has 0 heterocycles. The summed E-state index contributed by atoms with van der Waals surface area (Å²) < 4.78 is 5.80. The Balaban J connectivity index is 1.27. The molecule has 4 rings (SSSR count). The predicted octanol–water partition coefficient (Wildman–Crippen LogP) is 8.23. The minimum Gasteiger partial charge on any atom is -0.379 e. The van der Waals surface area contributed by atoms with Crippen molar-refractivity contribution in [3.05, 3.63) is 95.6 Å². The molecule has 3 aromatic rings. The molecule has 0 N–H and O–H groups in total. The van der Waals surface area contributed by atoms with E-state index in [1.54, 1.807) is 0 Å². The number of aryl methyl sites for hydroxylation is 1. The Morgan fingerprint density at radius 1 is 0.750 bits per heavy atom. The molecule has 0 bridgehead atoms. The number of rotatable bonds is 9. The largest absolute Gasteiger partial charge is 0.379 e. The normalized spacial score (nSPS) is 19.6. The van der Waals surface area contributed by atoms with E-state index in [4.69, 9.17) is 4.74 Å². The lowest BCUT2D eigenvalue weighted by molar-refractivity contribution is 0.0248. The molecule has 1 aliphatic carbocycles. The average molecular weight is 427 g/mol. The van der Waals surface area contributed by atoms with Gasteiger partial charge in [-0.15, -0.1) is 0 Å². The number of benzene rings is 3. The van der Waals surface area contributed by atoms with Crippen LogP contribution in [0.1, 0.15) is 68.6 Å². The van der Waals surface area contributed by atoms with Crippen LogP contribution in [-0.4, -0.2) is 12.7 Å². The second kappa shape index (κ2) is 11.5. The van der Waals surface area contributed by atoms with Crippen LogP contribution in [0.25, 0.3) is 11.1 Å². The van der Waals surface area contributed by atoms with Gasteiger partial charge in [-0.1, -0.05) is 85.8 Å². The Morgan fingerprint density at radius 3 is 1.94 bits per heavy atom. The summed E-state index contributed by atoms with van der Waals surface area (Å²) in [5, 5.41) is 0. The summed E-state index contributed by atoms with van der Waals surface area (Å²) in [6.07, 6.45) is 9.26. The zero-order chi connectivity index (χ0) is 22.2. The molecule has 0 amide bonds. The molecule has 1 heteroatoms. The molecule has 168 valence electrons. The van der Waals surface area contributed by atoms with Gasteiger partial charge < -0.3 is 4.74 Å². The third kappa shape index (κ3) is 6.33. The smallest absolute Gasteiger partial charge is 0.0575 e. The Kier molecular flexibility index (Phi) is 8.18. The van der Waals surface area contributed by atoms with E-state index in [1.165, 1.54) is 66.3 Å². The molecule has 0 spiro atoms. The van der Waals surface area contributed by atoms with Gasteiger partial charge in [0, 0.05) is 6.61 Å². The van der Waals surface area contributed by atoms with Crippen LogP contribution in [0.2, 0.25) is 0 Å². The van der Waals surface area contributed by atoms with E-state index in [-0.39, 0.29) is 0 Å². The molecule has 1 nitrogen and oxygen atoms in total. The molecule has 0 aromatic heterocycles. The molecule has 0 saturated heterocycles. The van der Waals surface area contributed by atoms with Gasteiger partial charge >= 0.3 is 0 Å². The molecule has 0 aliphatic heterocycles. The van der Waals surface area contributed by atoms with E-state index >= 15 is 0 Å². The van der Waals surface area contributed by atoms with E-state index in [1.807, 2.05) is 0 Å². The second-order valence-electron chi connectivity index (χ2n) is 9.55. The fourth-order valence-corrected chi connectivity index (χ4v) is 5.14. The van der Waals surface area contributed by atoms with Crippen LogP contribution < -0.4 is 0 Å². The monoisotopic (exact) mass is 426 g/mol. The van der Waals surface area contributed by atoms with Crippen LogP contribution in [-0.2, 0) is 17.6 Å². The topological polar surface area (TPSA) is 9.23 Å². The van der Waals surface area contributed by atoms with Gasteiger partial charge in [-0.2, -0.15) is 0 Å². The van der Waals surface area contributed by atoms with Crippen molar-refractivity contribution < 1.29 is 4.74 Å². The van der Waals surface area contributed by atoms with Gasteiger partial charge in [-0.3, -0.25) is 0 Å². The first-order valence-electron chi connectivity index (χ1n) is 12.6. The SMILES string of the molecule is CCOC1CCC(CCc2ccc(-c3ccc(CC(C)c4ccccc4)cc3)cc2)CC1. The lowest BCUT2D eigenvalue weighted by Crippen LogP contribution is -2.21. The molecule has 1 atom stereocenters. The number of hydrogen-bond acceptors (Lipinski definition) is 1. The molecule has 1 fully saturated rings. The van der Waals surface area contributed by atoms with Crippen molar-refractivity contribution in [3.8, 4) is 11.1 Å². The van der Waals surface area contributed by atoms with Crippen LogP contribution in [0.4, 0.5) is 0 Å². The lowest BCUT2D eigenvalue weighted by atomic mass is 9.83. The minimum absolute atomic E-state index is 0.517. The van der Waals surface area contributed by atoms with E-state index in [0.717, 1.165) is 18.9 Å². The lowest BCUT2D eigenvalue weighted by Gasteiger charge is -2.28. The molecule has 3 aromatic carbocycles. The Hall–Kier alpha value is -2.38. The average Bonchev–Trinajstić information content (AvgIpc) is 2.85. The quantitative estimate of drug-likeness (QED) is 0.335. The molecule has 1 unspecified atom stereocenters. The predicted molar refractivity (Wildman–Crippen MR) is 136 cm³/mol. The summed E-state index contributed by atoms with van der Waals surface area (Å²) in [6.45, 7) is 5.28. The van der Waals surface area contributed by atoms with Gasteiger partial charge in [0.2, 0.25) is 0 Å². The summed E-state index contributed by atoms with van der Waals surface area (Å²) in [5.41, 5.74) is 6.90. The van der Waals surface area contributed by atoms with Crippen molar-refractivity contribution in [1.29, 1.82) is 0 Å². The van der Waals surface area contributed by atoms with Crippen molar-refractivity contribution in [1.82, 2.24) is 0 Å². The van der Waals surface area contributed by atoms with Gasteiger partial charge in [-0.05, 0) is 91.5 Å². The van der Waals surface area contributed by atoms with Crippen LogP contribution in [0, 0.1) is 5.92 Å². The van der Waals surface area contributed by atoms with Crippen LogP contribution in [0.3, 0.4) is 0 Å². The third-order valence-electron chi connectivity index (χ3n) is 7.19. The van der Waals surface area contributed by atoms with E-state index in [2.05, 4.69) is 92.7 Å². The molecule has 0 radical (unpaired) electrons. The summed E-state index contributed by atoms with van der Waals surface area (Å²) in [7, 11) is 0. The maximum atomic E-state index is 5.80. The van der Waals surface area contributed by atoms with Gasteiger partial charge in [0.15, 0.2) is 0 Å². The van der Waals surface area contributed by atoms with Crippen LogP contribution in [0.5, 0.6) is 0 Å². The minimum atomic E-state index is 0.517. The van der Waals surface area contributed by atoms with Crippen LogP contribution >= 0.6 is 0 Å². The maximum absolute atomic E-state index is 5.80. The summed E-state index contributed by atoms with van der Waals surface area (Å²) in [6, 6.07) is 29.2. The zero-order valence-corrected chi connectivity index (χ0v) is 19.8. The zero-order valence-electron chi connectivity index (χ0n) is 19.8. The highest BCUT2D eigenvalue weighted by atomic mass is 16.5. The highest BCUT2D eigenvalue weighted by Gasteiger charge is 2.21. The Bertz CT molecular complexity index is 918. The third-order valence-corrected chi connectivity index (χ3v) is 7.19. The summed E-state index contributed by atoms with van der Waals surface area (Å²) >= 11 is 0.